The number of likely N-dealkylation sites (tertiary alicyclic amines) is 1. The van der Waals surface area contributed by atoms with Crippen molar-refractivity contribution in [3.05, 3.63) is 29.3 Å². The van der Waals surface area contributed by atoms with E-state index in [0.717, 1.165) is 29.7 Å². The van der Waals surface area contributed by atoms with Gasteiger partial charge in [-0.1, -0.05) is 18.2 Å². The largest absolute Gasteiger partial charge is 0.339 e. The second kappa shape index (κ2) is 4.93. The Morgan fingerprint density at radius 1 is 1.25 bits per heavy atom. The molecule has 1 aliphatic heterocycles. The maximum absolute atomic E-state index is 12.4. The van der Waals surface area contributed by atoms with Crippen LogP contribution in [-0.2, 0) is 9.59 Å². The summed E-state index contributed by atoms with van der Waals surface area (Å²) < 4.78 is 0. The van der Waals surface area contributed by atoms with E-state index in [-0.39, 0.29) is 17.7 Å². The molecule has 4 heteroatoms. The Hall–Kier alpha value is -1.84. The summed E-state index contributed by atoms with van der Waals surface area (Å²) in [5.74, 6) is -0.102. The quantitative estimate of drug-likeness (QED) is 0.917. The molecule has 1 saturated heterocycles. The van der Waals surface area contributed by atoms with Gasteiger partial charge in [0.1, 0.15) is 0 Å². The third-order valence-electron chi connectivity index (χ3n) is 4.25. The summed E-state index contributed by atoms with van der Waals surface area (Å²) in [7, 11) is 0. The van der Waals surface area contributed by atoms with Crippen molar-refractivity contribution in [2.75, 3.05) is 11.9 Å². The Labute approximate surface area is 119 Å². The summed E-state index contributed by atoms with van der Waals surface area (Å²) >= 11 is 0. The number of benzene rings is 1. The van der Waals surface area contributed by atoms with E-state index in [2.05, 4.69) is 5.32 Å². The minimum atomic E-state index is -0.206. The van der Waals surface area contributed by atoms with Crippen LogP contribution in [0.3, 0.4) is 0 Å². The molecule has 2 amide bonds. The number of rotatable bonds is 3. The zero-order valence-corrected chi connectivity index (χ0v) is 12.0. The van der Waals surface area contributed by atoms with Gasteiger partial charge in [-0.15, -0.1) is 0 Å². The molecular weight excluding hydrogens is 252 g/mol. The third kappa shape index (κ3) is 2.42. The summed E-state index contributed by atoms with van der Waals surface area (Å²) in [6, 6.07) is 6.35. The lowest BCUT2D eigenvalue weighted by Crippen LogP contribution is -2.30. The van der Waals surface area contributed by atoms with Crippen LogP contribution < -0.4 is 5.32 Å². The zero-order chi connectivity index (χ0) is 14.3. The van der Waals surface area contributed by atoms with Gasteiger partial charge in [0.2, 0.25) is 11.8 Å². The second-order valence-corrected chi connectivity index (χ2v) is 5.93. The number of hydrogen-bond donors (Lipinski definition) is 1. The van der Waals surface area contributed by atoms with Gasteiger partial charge in [0, 0.05) is 24.7 Å². The van der Waals surface area contributed by atoms with E-state index in [1.807, 2.05) is 36.9 Å². The highest BCUT2D eigenvalue weighted by atomic mass is 16.2. The highest BCUT2D eigenvalue weighted by Crippen LogP contribution is 2.33. The van der Waals surface area contributed by atoms with Gasteiger partial charge in [-0.25, -0.2) is 0 Å². The van der Waals surface area contributed by atoms with E-state index < -0.39 is 0 Å². The van der Waals surface area contributed by atoms with Crippen LogP contribution in [0.2, 0.25) is 0 Å². The Morgan fingerprint density at radius 3 is 2.50 bits per heavy atom. The molecule has 1 atom stereocenters. The van der Waals surface area contributed by atoms with Crippen molar-refractivity contribution < 1.29 is 9.59 Å². The van der Waals surface area contributed by atoms with Gasteiger partial charge in [-0.05, 0) is 37.8 Å². The lowest BCUT2D eigenvalue weighted by atomic mass is 10.1. The molecule has 3 rings (SSSR count). The zero-order valence-electron chi connectivity index (χ0n) is 12.0. The molecule has 0 bridgehead atoms. The van der Waals surface area contributed by atoms with Crippen LogP contribution in [0.5, 0.6) is 0 Å². The van der Waals surface area contributed by atoms with E-state index in [1.54, 1.807) is 0 Å². The Bertz CT molecular complexity index is 543. The fourth-order valence-electron chi connectivity index (χ4n) is 2.88. The van der Waals surface area contributed by atoms with Crippen molar-refractivity contribution >= 4 is 17.5 Å². The lowest BCUT2D eigenvalue weighted by molar-refractivity contribution is -0.128. The van der Waals surface area contributed by atoms with Gasteiger partial charge in [-0.3, -0.25) is 9.59 Å². The molecule has 1 aliphatic carbocycles. The number of para-hydroxylation sites is 1. The number of carbonyl (C=O) groups is 2. The Balaban J connectivity index is 1.69. The number of hydrogen-bond acceptors (Lipinski definition) is 2. The number of amides is 2. The van der Waals surface area contributed by atoms with Crippen molar-refractivity contribution in [1.29, 1.82) is 0 Å². The normalized spacial score (nSPS) is 22.2. The summed E-state index contributed by atoms with van der Waals surface area (Å²) in [6.45, 7) is 4.55. The number of nitrogens with one attached hydrogen (secondary N) is 1. The fourth-order valence-corrected chi connectivity index (χ4v) is 2.88. The van der Waals surface area contributed by atoms with Gasteiger partial charge < -0.3 is 10.2 Å². The molecular formula is C16H20N2O2. The van der Waals surface area contributed by atoms with Crippen LogP contribution in [0.4, 0.5) is 5.69 Å². The van der Waals surface area contributed by atoms with Crippen molar-refractivity contribution in [2.24, 2.45) is 5.92 Å². The van der Waals surface area contributed by atoms with Gasteiger partial charge >= 0.3 is 0 Å². The van der Waals surface area contributed by atoms with Crippen LogP contribution >= 0.6 is 0 Å². The third-order valence-corrected chi connectivity index (χ3v) is 4.25. The monoisotopic (exact) mass is 272 g/mol. The van der Waals surface area contributed by atoms with E-state index in [9.17, 15) is 9.59 Å². The molecule has 2 aliphatic rings. The van der Waals surface area contributed by atoms with Crippen molar-refractivity contribution in [3.63, 3.8) is 0 Å². The predicted octanol–water partition coefficient (Wildman–Crippen LogP) is 2.25. The molecule has 4 nitrogen and oxygen atoms in total. The molecule has 0 spiro atoms. The molecule has 0 aromatic heterocycles. The molecule has 1 N–H and O–H groups in total. The molecule has 1 aromatic rings. The van der Waals surface area contributed by atoms with Crippen molar-refractivity contribution in [3.8, 4) is 0 Å². The maximum Gasteiger partial charge on any atom is 0.229 e. The molecule has 20 heavy (non-hydrogen) atoms. The van der Waals surface area contributed by atoms with Crippen LogP contribution in [0.15, 0.2) is 18.2 Å². The number of nitrogens with zero attached hydrogens (tertiary/aromatic N) is 1. The van der Waals surface area contributed by atoms with Crippen molar-refractivity contribution in [2.45, 2.75) is 39.2 Å². The molecule has 2 fully saturated rings. The maximum atomic E-state index is 12.4. The van der Waals surface area contributed by atoms with E-state index in [4.69, 9.17) is 0 Å². The first-order valence-corrected chi connectivity index (χ1v) is 7.23. The van der Waals surface area contributed by atoms with Gasteiger partial charge in [0.05, 0.1) is 5.92 Å². The first-order valence-electron chi connectivity index (χ1n) is 7.23. The number of anilines is 1. The second-order valence-electron chi connectivity index (χ2n) is 5.93. The SMILES string of the molecule is Cc1cccc(C)c1NC(=O)C1CC(=O)N(C2CC2)C1. The molecule has 0 radical (unpaired) electrons. The van der Waals surface area contributed by atoms with Crippen LogP contribution in [0.1, 0.15) is 30.4 Å². The summed E-state index contributed by atoms with van der Waals surface area (Å²) in [5, 5.41) is 3.00. The minimum absolute atomic E-state index is 0.0288. The van der Waals surface area contributed by atoms with Crippen LogP contribution in [0, 0.1) is 19.8 Å². The first kappa shape index (κ1) is 13.2. The summed E-state index contributed by atoms with van der Waals surface area (Å²) in [6.07, 6.45) is 2.54. The topological polar surface area (TPSA) is 49.4 Å². The van der Waals surface area contributed by atoms with E-state index in [0.29, 0.717) is 19.0 Å². The molecule has 1 unspecified atom stereocenters. The van der Waals surface area contributed by atoms with Gasteiger partial charge in [0.15, 0.2) is 0 Å². The molecule has 1 saturated carbocycles. The molecule has 1 aromatic carbocycles. The fraction of sp³-hybridized carbons (Fsp3) is 0.500. The highest BCUT2D eigenvalue weighted by Gasteiger charge is 2.41. The first-order chi connectivity index (χ1) is 9.56. The average Bonchev–Trinajstić information content (AvgIpc) is 3.17. The average molecular weight is 272 g/mol. The molecule has 106 valence electrons. The van der Waals surface area contributed by atoms with Gasteiger partial charge in [-0.2, -0.15) is 0 Å². The van der Waals surface area contributed by atoms with E-state index >= 15 is 0 Å². The summed E-state index contributed by atoms with van der Waals surface area (Å²) in [4.78, 5) is 26.2. The predicted molar refractivity (Wildman–Crippen MR) is 77.4 cm³/mol. The molecule has 1 heterocycles. The smallest absolute Gasteiger partial charge is 0.229 e. The Morgan fingerprint density at radius 2 is 1.90 bits per heavy atom. The van der Waals surface area contributed by atoms with E-state index in [1.165, 1.54) is 0 Å². The van der Waals surface area contributed by atoms with Crippen molar-refractivity contribution in [1.82, 2.24) is 4.90 Å². The highest BCUT2D eigenvalue weighted by molar-refractivity contribution is 5.98. The van der Waals surface area contributed by atoms with Crippen LogP contribution in [0.25, 0.3) is 0 Å². The van der Waals surface area contributed by atoms with Gasteiger partial charge in [0.25, 0.3) is 0 Å². The standard InChI is InChI=1S/C16H20N2O2/c1-10-4-3-5-11(2)15(10)17-16(20)12-8-14(19)18(9-12)13-6-7-13/h3-5,12-13H,6-9H2,1-2H3,(H,17,20). The summed E-state index contributed by atoms with van der Waals surface area (Å²) in [5.41, 5.74) is 3.00. The Kier molecular flexibility index (Phi) is 3.24. The number of carbonyl (C=O) groups excluding carboxylic acids is 2. The minimum Gasteiger partial charge on any atom is -0.339 e. The lowest BCUT2D eigenvalue weighted by Gasteiger charge is -2.16. The van der Waals surface area contributed by atoms with Crippen LogP contribution in [-0.4, -0.2) is 29.3 Å². The number of aryl methyl sites for hydroxylation is 2.